The van der Waals surface area contributed by atoms with Crippen molar-refractivity contribution in [3.8, 4) is 11.1 Å². The Balaban J connectivity index is 1.50. The normalized spacial score (nSPS) is 10.6. The van der Waals surface area contributed by atoms with Crippen LogP contribution in [0.2, 0.25) is 0 Å². The maximum absolute atomic E-state index is 12.2. The molecule has 0 unspecified atom stereocenters. The van der Waals surface area contributed by atoms with E-state index in [1.165, 1.54) is 0 Å². The van der Waals surface area contributed by atoms with Crippen molar-refractivity contribution < 1.29 is 4.79 Å². The third kappa shape index (κ3) is 4.35. The Labute approximate surface area is 148 Å². The summed E-state index contributed by atoms with van der Waals surface area (Å²) >= 11 is 0. The fourth-order valence-corrected chi connectivity index (χ4v) is 2.88. The molecule has 0 spiro atoms. The van der Waals surface area contributed by atoms with Crippen LogP contribution in [-0.2, 0) is 6.54 Å². The first-order chi connectivity index (χ1) is 12.1. The van der Waals surface area contributed by atoms with Crippen LogP contribution in [0.25, 0.3) is 11.1 Å². The number of aryl methyl sites for hydroxylation is 3. The molecule has 0 fully saturated rings. The van der Waals surface area contributed by atoms with Crippen LogP contribution in [0.3, 0.4) is 0 Å². The largest absolute Gasteiger partial charge is 0.352 e. The quantitative estimate of drug-likeness (QED) is 0.693. The summed E-state index contributed by atoms with van der Waals surface area (Å²) in [5.41, 5.74) is 5.13. The Morgan fingerprint density at radius 3 is 2.32 bits per heavy atom. The first kappa shape index (κ1) is 17.0. The lowest BCUT2D eigenvalue weighted by molar-refractivity contribution is 0.0952. The monoisotopic (exact) mass is 333 g/mol. The van der Waals surface area contributed by atoms with Gasteiger partial charge in [0.2, 0.25) is 0 Å². The number of amides is 1. The fourth-order valence-electron chi connectivity index (χ4n) is 2.88. The van der Waals surface area contributed by atoms with E-state index in [1.54, 1.807) is 0 Å². The fraction of sp³-hybridized carbons (Fsp3) is 0.238. The topological polar surface area (TPSA) is 46.9 Å². The average molecular weight is 333 g/mol. The number of rotatable bonds is 6. The van der Waals surface area contributed by atoms with E-state index in [0.717, 1.165) is 35.5 Å². The van der Waals surface area contributed by atoms with Crippen molar-refractivity contribution in [1.29, 1.82) is 0 Å². The van der Waals surface area contributed by atoms with Crippen molar-refractivity contribution >= 4 is 5.91 Å². The maximum Gasteiger partial charge on any atom is 0.251 e. The molecule has 1 amide bonds. The van der Waals surface area contributed by atoms with E-state index in [-0.39, 0.29) is 5.91 Å². The van der Waals surface area contributed by atoms with E-state index in [0.29, 0.717) is 12.1 Å². The third-order valence-corrected chi connectivity index (χ3v) is 4.19. The molecule has 2 aromatic carbocycles. The minimum Gasteiger partial charge on any atom is -0.352 e. The molecule has 0 radical (unpaired) electrons. The van der Waals surface area contributed by atoms with Crippen LogP contribution < -0.4 is 5.32 Å². The number of nitrogens with zero attached hydrogens (tertiary/aromatic N) is 2. The predicted molar refractivity (Wildman–Crippen MR) is 101 cm³/mol. The van der Waals surface area contributed by atoms with Crippen LogP contribution in [0, 0.1) is 13.8 Å². The molecular weight excluding hydrogens is 310 g/mol. The summed E-state index contributed by atoms with van der Waals surface area (Å²) < 4.78 is 1.98. The third-order valence-electron chi connectivity index (χ3n) is 4.19. The molecule has 0 bridgehead atoms. The molecule has 4 nitrogen and oxygen atoms in total. The van der Waals surface area contributed by atoms with E-state index in [1.807, 2.05) is 61.0 Å². The first-order valence-corrected chi connectivity index (χ1v) is 8.58. The van der Waals surface area contributed by atoms with Crippen molar-refractivity contribution in [2.75, 3.05) is 6.54 Å². The SMILES string of the molecule is Cc1cc(C)n(CCCNC(=O)c2ccc(-c3ccccc3)cc2)n1. The Hall–Kier alpha value is -2.88. The van der Waals surface area contributed by atoms with Gasteiger partial charge in [-0.05, 0) is 49.6 Å². The van der Waals surface area contributed by atoms with Gasteiger partial charge in [0.15, 0.2) is 0 Å². The molecule has 0 aliphatic rings. The Morgan fingerprint density at radius 2 is 1.68 bits per heavy atom. The van der Waals surface area contributed by atoms with Crippen LogP contribution in [0.4, 0.5) is 0 Å². The molecule has 0 atom stereocenters. The van der Waals surface area contributed by atoms with E-state index in [9.17, 15) is 4.79 Å². The van der Waals surface area contributed by atoms with Gasteiger partial charge in [-0.1, -0.05) is 42.5 Å². The van der Waals surface area contributed by atoms with E-state index >= 15 is 0 Å². The molecular formula is C21H23N3O. The molecule has 3 aromatic rings. The zero-order valence-electron chi connectivity index (χ0n) is 14.7. The molecule has 4 heteroatoms. The van der Waals surface area contributed by atoms with Gasteiger partial charge in [-0.2, -0.15) is 5.10 Å². The smallest absolute Gasteiger partial charge is 0.251 e. The second-order valence-electron chi connectivity index (χ2n) is 6.20. The number of carbonyl (C=O) groups is 1. The van der Waals surface area contributed by atoms with Gasteiger partial charge in [0.1, 0.15) is 0 Å². The Bertz CT molecular complexity index is 835. The summed E-state index contributed by atoms with van der Waals surface area (Å²) in [6.07, 6.45) is 0.857. The van der Waals surface area contributed by atoms with E-state index in [4.69, 9.17) is 0 Å². The summed E-state index contributed by atoms with van der Waals surface area (Å²) in [6, 6.07) is 19.9. The highest BCUT2D eigenvalue weighted by Gasteiger charge is 2.06. The van der Waals surface area contributed by atoms with Gasteiger partial charge in [-0.25, -0.2) is 0 Å². The van der Waals surface area contributed by atoms with Gasteiger partial charge >= 0.3 is 0 Å². The number of carbonyl (C=O) groups excluding carboxylic acids is 1. The zero-order chi connectivity index (χ0) is 17.6. The summed E-state index contributed by atoms with van der Waals surface area (Å²) in [5.74, 6) is -0.0343. The molecule has 0 saturated heterocycles. The van der Waals surface area contributed by atoms with Crippen molar-refractivity contribution in [3.05, 3.63) is 77.6 Å². The molecule has 0 saturated carbocycles. The first-order valence-electron chi connectivity index (χ1n) is 8.58. The van der Waals surface area contributed by atoms with Crippen LogP contribution in [-0.4, -0.2) is 22.2 Å². The Kier molecular flexibility index (Phi) is 5.29. The molecule has 1 heterocycles. The number of benzene rings is 2. The summed E-state index contributed by atoms with van der Waals surface area (Å²) in [7, 11) is 0. The second kappa shape index (κ2) is 7.79. The summed E-state index contributed by atoms with van der Waals surface area (Å²) in [6.45, 7) is 5.49. The summed E-state index contributed by atoms with van der Waals surface area (Å²) in [5, 5.41) is 7.40. The van der Waals surface area contributed by atoms with Gasteiger partial charge in [0.25, 0.3) is 5.91 Å². The van der Waals surface area contributed by atoms with Crippen molar-refractivity contribution in [2.45, 2.75) is 26.8 Å². The van der Waals surface area contributed by atoms with Gasteiger partial charge < -0.3 is 5.32 Å². The average Bonchev–Trinajstić information content (AvgIpc) is 2.97. The van der Waals surface area contributed by atoms with Crippen LogP contribution >= 0.6 is 0 Å². The maximum atomic E-state index is 12.2. The lowest BCUT2D eigenvalue weighted by Crippen LogP contribution is -2.25. The molecule has 1 N–H and O–H groups in total. The lowest BCUT2D eigenvalue weighted by Gasteiger charge is -2.08. The lowest BCUT2D eigenvalue weighted by atomic mass is 10.0. The minimum atomic E-state index is -0.0343. The minimum absolute atomic E-state index is 0.0343. The standard InChI is InChI=1S/C21H23N3O/c1-16-15-17(2)24(23-16)14-6-13-22-21(25)20-11-9-19(10-12-20)18-7-4-3-5-8-18/h3-5,7-12,15H,6,13-14H2,1-2H3,(H,22,25). The molecule has 0 aliphatic carbocycles. The number of hydrogen-bond acceptors (Lipinski definition) is 2. The highest BCUT2D eigenvalue weighted by Crippen LogP contribution is 2.19. The van der Waals surface area contributed by atoms with Gasteiger partial charge in [0.05, 0.1) is 5.69 Å². The van der Waals surface area contributed by atoms with Crippen molar-refractivity contribution in [3.63, 3.8) is 0 Å². The van der Waals surface area contributed by atoms with Crippen LogP contribution in [0.15, 0.2) is 60.7 Å². The molecule has 3 rings (SSSR count). The zero-order valence-corrected chi connectivity index (χ0v) is 14.7. The highest BCUT2D eigenvalue weighted by atomic mass is 16.1. The van der Waals surface area contributed by atoms with Crippen LogP contribution in [0.1, 0.15) is 28.2 Å². The molecule has 128 valence electrons. The van der Waals surface area contributed by atoms with Gasteiger partial charge in [-0.15, -0.1) is 0 Å². The van der Waals surface area contributed by atoms with Crippen molar-refractivity contribution in [2.24, 2.45) is 0 Å². The van der Waals surface area contributed by atoms with Gasteiger partial charge in [-0.3, -0.25) is 9.48 Å². The van der Waals surface area contributed by atoms with E-state index in [2.05, 4.69) is 28.6 Å². The predicted octanol–water partition coefficient (Wildman–Crippen LogP) is 3.99. The molecule has 1 aromatic heterocycles. The molecule has 25 heavy (non-hydrogen) atoms. The Morgan fingerprint density at radius 1 is 1.00 bits per heavy atom. The summed E-state index contributed by atoms with van der Waals surface area (Å²) in [4.78, 5) is 12.2. The molecule has 0 aliphatic heterocycles. The van der Waals surface area contributed by atoms with Crippen molar-refractivity contribution in [1.82, 2.24) is 15.1 Å². The number of aromatic nitrogens is 2. The number of hydrogen-bond donors (Lipinski definition) is 1. The van der Waals surface area contributed by atoms with Crippen LogP contribution in [0.5, 0.6) is 0 Å². The highest BCUT2D eigenvalue weighted by molar-refractivity contribution is 5.94. The van der Waals surface area contributed by atoms with E-state index < -0.39 is 0 Å². The van der Waals surface area contributed by atoms with Gasteiger partial charge in [0, 0.05) is 24.3 Å². The second-order valence-corrected chi connectivity index (χ2v) is 6.20. The number of nitrogens with one attached hydrogen (secondary N) is 1.